The van der Waals surface area contributed by atoms with Crippen molar-refractivity contribution in [2.75, 3.05) is 0 Å². The molecule has 0 saturated carbocycles. The van der Waals surface area contributed by atoms with Gasteiger partial charge < -0.3 is 11.1 Å². The lowest BCUT2D eigenvalue weighted by atomic mass is 10.1. The molecule has 0 aliphatic carbocycles. The molecule has 4 rings (SSSR count). The number of carbonyl (C=O) groups is 2. The number of aryl methyl sites for hydroxylation is 1. The van der Waals surface area contributed by atoms with Crippen LogP contribution in [0.4, 0.5) is 0 Å². The number of carbonyl (C=O) groups excluding carboxylic acids is 2. The van der Waals surface area contributed by atoms with E-state index in [0.29, 0.717) is 27.9 Å². The van der Waals surface area contributed by atoms with Gasteiger partial charge in [0.2, 0.25) is 5.91 Å². The lowest BCUT2D eigenvalue weighted by Crippen LogP contribution is -2.45. The molecule has 2 heterocycles. The van der Waals surface area contributed by atoms with Crippen LogP contribution in [0.25, 0.3) is 10.2 Å². The van der Waals surface area contributed by atoms with Gasteiger partial charge in [-0.1, -0.05) is 59.6 Å². The van der Waals surface area contributed by atoms with Gasteiger partial charge in [0.25, 0.3) is 5.91 Å². The Kier molecular flexibility index (Phi) is 6.50. The van der Waals surface area contributed by atoms with E-state index in [1.807, 2.05) is 48.0 Å². The van der Waals surface area contributed by atoms with E-state index in [1.165, 1.54) is 11.3 Å². The molecule has 0 bridgehead atoms. The summed E-state index contributed by atoms with van der Waals surface area (Å²) in [5.74, 6) is -0.926. The van der Waals surface area contributed by atoms with Gasteiger partial charge in [-0.15, -0.1) is 11.3 Å². The third-order valence-corrected chi connectivity index (χ3v) is 6.83. The first kappa shape index (κ1) is 22.3. The molecule has 2 aromatic heterocycles. The van der Waals surface area contributed by atoms with Crippen LogP contribution >= 0.6 is 34.5 Å². The smallest absolute Gasteiger partial charge is 0.262 e. The summed E-state index contributed by atoms with van der Waals surface area (Å²) in [6.07, 6.45) is 0.328. The van der Waals surface area contributed by atoms with Gasteiger partial charge in [-0.05, 0) is 36.2 Å². The third-order valence-electron chi connectivity index (χ3n) is 5.10. The lowest BCUT2D eigenvalue weighted by Gasteiger charge is -2.15. The monoisotopic (exact) mass is 486 g/mol. The van der Waals surface area contributed by atoms with Crippen molar-refractivity contribution >= 4 is 56.6 Å². The molecule has 0 saturated heterocycles. The zero-order valence-corrected chi connectivity index (χ0v) is 19.5. The second-order valence-electron chi connectivity index (χ2n) is 7.43. The number of halogens is 2. The van der Waals surface area contributed by atoms with Gasteiger partial charge >= 0.3 is 0 Å². The SMILES string of the molecule is Cc1nn(Cc2ccc(Cl)cc2Cl)c2sc(C(=O)NC(Cc3ccccc3)C(N)=O)cc12. The first-order chi connectivity index (χ1) is 15.3. The predicted octanol–water partition coefficient (Wildman–Crippen LogP) is 4.59. The van der Waals surface area contributed by atoms with Gasteiger partial charge in [0.05, 0.1) is 17.1 Å². The number of rotatable bonds is 7. The van der Waals surface area contributed by atoms with Crippen molar-refractivity contribution in [2.45, 2.75) is 25.9 Å². The van der Waals surface area contributed by atoms with Crippen LogP contribution in [0.5, 0.6) is 0 Å². The molecule has 9 heteroatoms. The minimum absolute atomic E-state index is 0.328. The van der Waals surface area contributed by atoms with Crippen molar-refractivity contribution in [3.05, 3.63) is 86.3 Å². The van der Waals surface area contributed by atoms with Crippen LogP contribution < -0.4 is 11.1 Å². The first-order valence-electron chi connectivity index (χ1n) is 9.87. The molecule has 0 fully saturated rings. The number of primary amides is 1. The third kappa shape index (κ3) is 4.80. The number of aromatic nitrogens is 2. The van der Waals surface area contributed by atoms with Gasteiger partial charge in [0.15, 0.2) is 0 Å². The zero-order chi connectivity index (χ0) is 22.8. The number of benzene rings is 2. The van der Waals surface area contributed by atoms with Crippen LogP contribution in [0.1, 0.15) is 26.5 Å². The van der Waals surface area contributed by atoms with Crippen LogP contribution in [-0.4, -0.2) is 27.6 Å². The maximum absolute atomic E-state index is 12.9. The quantitative estimate of drug-likeness (QED) is 0.400. The number of thiophene rings is 1. The van der Waals surface area contributed by atoms with Gasteiger partial charge in [-0.3, -0.25) is 14.3 Å². The molecular formula is C23H20Cl2N4O2S. The highest BCUT2D eigenvalue weighted by Crippen LogP contribution is 2.30. The summed E-state index contributed by atoms with van der Waals surface area (Å²) in [5, 5.41) is 9.35. The highest BCUT2D eigenvalue weighted by Gasteiger charge is 2.22. The molecule has 0 spiro atoms. The Labute approximate surface area is 198 Å². The van der Waals surface area contributed by atoms with Gasteiger partial charge in [0, 0.05) is 21.9 Å². The minimum Gasteiger partial charge on any atom is -0.368 e. The second kappa shape index (κ2) is 9.32. The molecule has 0 aliphatic heterocycles. The fourth-order valence-corrected chi connectivity index (χ4v) is 4.98. The van der Waals surface area contributed by atoms with Crippen LogP contribution in [0, 0.1) is 6.92 Å². The maximum atomic E-state index is 12.9. The Morgan fingerprint density at radius 2 is 1.91 bits per heavy atom. The van der Waals surface area contributed by atoms with E-state index in [9.17, 15) is 9.59 Å². The molecule has 2 amide bonds. The fraction of sp³-hybridized carbons (Fsp3) is 0.174. The molecule has 3 N–H and O–H groups in total. The summed E-state index contributed by atoms with van der Waals surface area (Å²) in [4.78, 5) is 26.2. The van der Waals surface area contributed by atoms with Gasteiger partial charge in [0.1, 0.15) is 10.9 Å². The van der Waals surface area contributed by atoms with Crippen LogP contribution in [0.15, 0.2) is 54.6 Å². The normalized spacial score (nSPS) is 12.1. The summed E-state index contributed by atoms with van der Waals surface area (Å²) in [6, 6.07) is 15.7. The lowest BCUT2D eigenvalue weighted by molar-refractivity contribution is -0.119. The molecule has 32 heavy (non-hydrogen) atoms. The van der Waals surface area contributed by atoms with Gasteiger partial charge in [-0.2, -0.15) is 5.10 Å². The number of nitrogens with two attached hydrogens (primary N) is 1. The molecule has 0 aliphatic rings. The highest BCUT2D eigenvalue weighted by atomic mass is 35.5. The first-order valence-corrected chi connectivity index (χ1v) is 11.4. The van der Waals surface area contributed by atoms with E-state index in [-0.39, 0.29) is 5.91 Å². The largest absolute Gasteiger partial charge is 0.368 e. The minimum atomic E-state index is -0.805. The standard InChI is InChI=1S/C23H20Cl2N4O2S/c1-13-17-11-20(22(31)27-19(21(26)30)9-14-5-3-2-4-6-14)32-23(17)29(28-13)12-15-7-8-16(24)10-18(15)25/h2-8,10-11,19H,9,12H2,1H3,(H2,26,30)(H,27,31). The van der Waals surface area contributed by atoms with E-state index in [2.05, 4.69) is 10.4 Å². The van der Waals surface area contributed by atoms with Crippen LogP contribution in [0.3, 0.4) is 0 Å². The number of hydrogen-bond donors (Lipinski definition) is 2. The predicted molar refractivity (Wildman–Crippen MR) is 129 cm³/mol. The Hall–Kier alpha value is -2.87. The summed E-state index contributed by atoms with van der Waals surface area (Å²) in [6.45, 7) is 2.33. The Morgan fingerprint density at radius 3 is 2.59 bits per heavy atom. The van der Waals surface area contributed by atoms with E-state index < -0.39 is 11.9 Å². The molecule has 4 aromatic rings. The molecule has 164 valence electrons. The number of nitrogens with one attached hydrogen (secondary N) is 1. The van der Waals surface area contributed by atoms with Crippen molar-refractivity contribution in [3.8, 4) is 0 Å². The Balaban J connectivity index is 1.57. The van der Waals surface area contributed by atoms with Crippen molar-refractivity contribution < 1.29 is 9.59 Å². The van der Waals surface area contributed by atoms with Crippen molar-refractivity contribution in [1.29, 1.82) is 0 Å². The Morgan fingerprint density at radius 1 is 1.16 bits per heavy atom. The summed E-state index contributed by atoms with van der Waals surface area (Å²) >= 11 is 13.6. The van der Waals surface area contributed by atoms with Crippen molar-refractivity contribution in [2.24, 2.45) is 5.73 Å². The molecule has 2 aromatic carbocycles. The fourth-order valence-electron chi connectivity index (χ4n) is 3.44. The van der Waals surface area contributed by atoms with Gasteiger partial charge in [-0.25, -0.2) is 0 Å². The van der Waals surface area contributed by atoms with Crippen molar-refractivity contribution in [1.82, 2.24) is 15.1 Å². The Bertz CT molecular complexity index is 1300. The number of fused-ring (bicyclic) bond motifs is 1. The second-order valence-corrected chi connectivity index (χ2v) is 9.30. The molecule has 1 unspecified atom stereocenters. The van der Waals surface area contributed by atoms with Crippen molar-refractivity contribution in [3.63, 3.8) is 0 Å². The molecule has 6 nitrogen and oxygen atoms in total. The average molecular weight is 487 g/mol. The highest BCUT2D eigenvalue weighted by molar-refractivity contribution is 7.20. The summed E-state index contributed by atoms with van der Waals surface area (Å²) in [5.41, 5.74) is 8.13. The topological polar surface area (TPSA) is 90.0 Å². The molecular weight excluding hydrogens is 467 g/mol. The average Bonchev–Trinajstić information content (AvgIpc) is 3.31. The van der Waals surface area contributed by atoms with Crippen LogP contribution in [0.2, 0.25) is 10.0 Å². The number of hydrogen-bond acceptors (Lipinski definition) is 4. The number of amides is 2. The summed E-state index contributed by atoms with van der Waals surface area (Å²) in [7, 11) is 0. The van der Waals surface area contributed by atoms with E-state index in [0.717, 1.165) is 27.0 Å². The van der Waals surface area contributed by atoms with E-state index in [4.69, 9.17) is 28.9 Å². The van der Waals surface area contributed by atoms with Crippen LogP contribution in [-0.2, 0) is 17.8 Å². The zero-order valence-electron chi connectivity index (χ0n) is 17.1. The summed E-state index contributed by atoms with van der Waals surface area (Å²) < 4.78 is 1.82. The molecule has 0 radical (unpaired) electrons. The molecule has 1 atom stereocenters. The maximum Gasteiger partial charge on any atom is 0.262 e. The van der Waals surface area contributed by atoms with E-state index in [1.54, 1.807) is 18.2 Å². The number of nitrogens with zero attached hydrogens (tertiary/aromatic N) is 2. The van der Waals surface area contributed by atoms with E-state index >= 15 is 0 Å².